The third kappa shape index (κ3) is 5.67. The smallest absolute Gasteiger partial charge is 0.303 e. The highest BCUT2D eigenvalue weighted by molar-refractivity contribution is 7.89. The van der Waals surface area contributed by atoms with Crippen LogP contribution >= 0.6 is 0 Å². The molecule has 0 amide bonds. The average Bonchev–Trinajstić information content (AvgIpc) is 2.35. The third-order valence-electron chi connectivity index (χ3n) is 2.51. The fourth-order valence-electron chi connectivity index (χ4n) is 1.67. The molecule has 104 valence electrons. The first-order valence-corrected chi connectivity index (χ1v) is 7.47. The molecule has 0 aliphatic rings. The topological polar surface area (TPSA) is 83.5 Å². The molecule has 0 fully saturated rings. The quantitative estimate of drug-likeness (QED) is 0.711. The van der Waals surface area contributed by atoms with E-state index in [-0.39, 0.29) is 18.6 Å². The van der Waals surface area contributed by atoms with Crippen LogP contribution in [0.1, 0.15) is 24.4 Å². The maximum Gasteiger partial charge on any atom is 0.303 e. The van der Waals surface area contributed by atoms with Crippen LogP contribution in [0.15, 0.2) is 43.0 Å². The monoisotopic (exact) mass is 283 g/mol. The summed E-state index contributed by atoms with van der Waals surface area (Å²) in [5, 5.41) is 8.72. The van der Waals surface area contributed by atoms with E-state index in [9.17, 15) is 13.2 Å². The molecule has 5 nitrogen and oxygen atoms in total. The first kappa shape index (κ1) is 15.4. The first-order chi connectivity index (χ1) is 8.94. The van der Waals surface area contributed by atoms with E-state index in [1.165, 1.54) is 6.08 Å². The van der Waals surface area contributed by atoms with E-state index in [1.54, 1.807) is 24.3 Å². The van der Waals surface area contributed by atoms with Crippen LogP contribution in [-0.4, -0.2) is 25.2 Å². The molecule has 2 N–H and O–H groups in total. The van der Waals surface area contributed by atoms with Crippen LogP contribution in [0.4, 0.5) is 0 Å². The molecule has 0 bridgehead atoms. The highest BCUT2D eigenvalue weighted by atomic mass is 32.2. The minimum atomic E-state index is -3.49. The van der Waals surface area contributed by atoms with Crippen LogP contribution in [0.3, 0.4) is 0 Å². The summed E-state index contributed by atoms with van der Waals surface area (Å²) in [7, 11) is -3.49. The van der Waals surface area contributed by atoms with Crippen molar-refractivity contribution in [3.05, 3.63) is 48.6 Å². The van der Waals surface area contributed by atoms with Crippen molar-refractivity contribution in [3.63, 3.8) is 0 Å². The Morgan fingerprint density at radius 2 is 2.00 bits per heavy atom. The number of hydrogen-bond donors (Lipinski definition) is 2. The molecule has 1 atom stereocenters. The van der Waals surface area contributed by atoms with Crippen molar-refractivity contribution in [2.75, 3.05) is 5.75 Å². The van der Waals surface area contributed by atoms with E-state index in [1.807, 2.05) is 6.07 Å². The van der Waals surface area contributed by atoms with Crippen molar-refractivity contribution in [2.24, 2.45) is 0 Å². The fraction of sp³-hybridized carbons (Fsp3) is 0.308. The molecule has 0 spiro atoms. The van der Waals surface area contributed by atoms with Gasteiger partial charge in [0, 0.05) is 12.5 Å². The molecule has 6 heteroatoms. The van der Waals surface area contributed by atoms with E-state index in [4.69, 9.17) is 5.11 Å². The number of carbonyl (C=O) groups is 1. The second kappa shape index (κ2) is 7.06. The third-order valence-corrected chi connectivity index (χ3v) is 3.83. The Balaban J connectivity index is 2.87. The summed E-state index contributed by atoms with van der Waals surface area (Å²) in [6.45, 7) is 3.39. The molecule has 0 saturated heterocycles. The van der Waals surface area contributed by atoms with E-state index < -0.39 is 22.0 Å². The minimum Gasteiger partial charge on any atom is -0.481 e. The maximum absolute atomic E-state index is 11.7. The fourth-order valence-corrected chi connectivity index (χ4v) is 2.76. The van der Waals surface area contributed by atoms with Gasteiger partial charge in [-0.1, -0.05) is 36.4 Å². The van der Waals surface area contributed by atoms with Gasteiger partial charge in [0.25, 0.3) is 0 Å². The van der Waals surface area contributed by atoms with Crippen LogP contribution < -0.4 is 4.72 Å². The standard InChI is InChI=1S/C13H17NO4S/c1-2-10-19(17,18)14-12(8-9-13(15)16)11-6-4-3-5-7-11/h2-7,12,14H,1,8-10H2,(H,15,16). The van der Waals surface area contributed by atoms with Crippen LogP contribution in [-0.2, 0) is 14.8 Å². The molecular formula is C13H17NO4S. The Labute approximate surface area is 113 Å². The van der Waals surface area contributed by atoms with Crippen molar-refractivity contribution >= 4 is 16.0 Å². The number of rotatable bonds is 8. The van der Waals surface area contributed by atoms with E-state index in [0.717, 1.165) is 5.56 Å². The molecule has 1 rings (SSSR count). The van der Waals surface area contributed by atoms with Crippen molar-refractivity contribution in [3.8, 4) is 0 Å². The number of sulfonamides is 1. The van der Waals surface area contributed by atoms with Crippen LogP contribution in [0.5, 0.6) is 0 Å². The zero-order valence-corrected chi connectivity index (χ0v) is 11.3. The molecule has 1 aromatic carbocycles. The van der Waals surface area contributed by atoms with Gasteiger partial charge in [-0.2, -0.15) is 0 Å². The van der Waals surface area contributed by atoms with E-state index in [0.29, 0.717) is 0 Å². The Morgan fingerprint density at radius 1 is 1.37 bits per heavy atom. The van der Waals surface area contributed by atoms with Gasteiger partial charge in [0.2, 0.25) is 10.0 Å². The predicted octanol–water partition coefficient (Wildman–Crippen LogP) is 1.70. The summed E-state index contributed by atoms with van der Waals surface area (Å²) in [5.41, 5.74) is 0.747. The Kier molecular flexibility index (Phi) is 5.72. The number of carboxylic acid groups (broad SMARTS) is 1. The van der Waals surface area contributed by atoms with Crippen molar-refractivity contribution in [2.45, 2.75) is 18.9 Å². The minimum absolute atomic E-state index is 0.101. The Bertz CT molecular complexity index is 525. The largest absolute Gasteiger partial charge is 0.481 e. The van der Waals surface area contributed by atoms with Gasteiger partial charge in [-0.05, 0) is 12.0 Å². The number of aliphatic carboxylic acids is 1. The second-order valence-corrected chi connectivity index (χ2v) is 5.88. The molecule has 0 saturated carbocycles. The zero-order chi connectivity index (χ0) is 14.3. The molecule has 19 heavy (non-hydrogen) atoms. The lowest BCUT2D eigenvalue weighted by Crippen LogP contribution is -2.30. The highest BCUT2D eigenvalue weighted by Gasteiger charge is 2.19. The number of benzene rings is 1. The van der Waals surface area contributed by atoms with Gasteiger partial charge >= 0.3 is 5.97 Å². The lowest BCUT2D eigenvalue weighted by atomic mass is 10.0. The zero-order valence-electron chi connectivity index (χ0n) is 10.5. The summed E-state index contributed by atoms with van der Waals surface area (Å²) in [5.74, 6) is -1.15. The Morgan fingerprint density at radius 3 is 2.53 bits per heavy atom. The van der Waals surface area contributed by atoms with Crippen LogP contribution in [0.2, 0.25) is 0 Å². The van der Waals surface area contributed by atoms with Crippen LogP contribution in [0.25, 0.3) is 0 Å². The molecule has 0 radical (unpaired) electrons. The van der Waals surface area contributed by atoms with Gasteiger partial charge < -0.3 is 5.11 Å². The summed E-state index contributed by atoms with van der Waals surface area (Å²) in [6.07, 6.45) is 1.40. The van der Waals surface area contributed by atoms with Gasteiger partial charge in [0.15, 0.2) is 0 Å². The van der Waals surface area contributed by atoms with Crippen molar-refractivity contribution in [1.82, 2.24) is 4.72 Å². The molecule has 1 aromatic rings. The SMILES string of the molecule is C=CCS(=O)(=O)NC(CCC(=O)O)c1ccccc1. The van der Waals surface area contributed by atoms with Gasteiger partial charge in [-0.25, -0.2) is 13.1 Å². The summed E-state index contributed by atoms with van der Waals surface area (Å²) in [6, 6.07) is 8.37. The number of hydrogen-bond acceptors (Lipinski definition) is 3. The van der Waals surface area contributed by atoms with E-state index >= 15 is 0 Å². The molecule has 0 aliphatic heterocycles. The number of carboxylic acids is 1. The molecule has 0 aliphatic carbocycles. The lowest BCUT2D eigenvalue weighted by Gasteiger charge is -2.18. The van der Waals surface area contributed by atoms with Crippen molar-refractivity contribution in [1.29, 1.82) is 0 Å². The van der Waals surface area contributed by atoms with Crippen LogP contribution in [0, 0.1) is 0 Å². The van der Waals surface area contributed by atoms with Gasteiger partial charge in [0.1, 0.15) is 0 Å². The normalized spacial score (nSPS) is 12.8. The summed E-state index contributed by atoms with van der Waals surface area (Å²) < 4.78 is 26.0. The summed E-state index contributed by atoms with van der Waals surface area (Å²) >= 11 is 0. The van der Waals surface area contributed by atoms with Gasteiger partial charge in [-0.15, -0.1) is 6.58 Å². The van der Waals surface area contributed by atoms with E-state index in [2.05, 4.69) is 11.3 Å². The number of nitrogens with one attached hydrogen (secondary N) is 1. The Hall–Kier alpha value is -1.66. The molecular weight excluding hydrogens is 266 g/mol. The first-order valence-electron chi connectivity index (χ1n) is 5.82. The maximum atomic E-state index is 11.7. The molecule has 1 unspecified atom stereocenters. The molecule has 0 aromatic heterocycles. The lowest BCUT2D eigenvalue weighted by molar-refractivity contribution is -0.137. The predicted molar refractivity (Wildman–Crippen MR) is 73.2 cm³/mol. The van der Waals surface area contributed by atoms with Gasteiger partial charge in [-0.3, -0.25) is 4.79 Å². The second-order valence-electron chi connectivity index (χ2n) is 4.08. The highest BCUT2D eigenvalue weighted by Crippen LogP contribution is 2.19. The van der Waals surface area contributed by atoms with Gasteiger partial charge in [0.05, 0.1) is 5.75 Å². The molecule has 0 heterocycles. The summed E-state index contributed by atoms with van der Waals surface area (Å²) in [4.78, 5) is 10.6. The average molecular weight is 283 g/mol. The van der Waals surface area contributed by atoms with Crippen molar-refractivity contribution < 1.29 is 18.3 Å².